The number of ether oxygens (including phenoxy) is 1. The van der Waals surface area contributed by atoms with Gasteiger partial charge in [0.25, 0.3) is 5.91 Å². The van der Waals surface area contributed by atoms with Gasteiger partial charge in [0.1, 0.15) is 22.7 Å². The van der Waals surface area contributed by atoms with Crippen LogP contribution in [-0.4, -0.2) is 49.4 Å². The van der Waals surface area contributed by atoms with Crippen LogP contribution in [0.2, 0.25) is 0 Å². The molecule has 6 rings (SSSR count). The molecule has 8 nitrogen and oxygen atoms in total. The standard InChI is InChI=1S/C28H29N3O5S2/c32-11-12-36-25-10-8-23-27(30-25)37-28(29-23)31-26(34)22(14-16-1-5-19(33)13-16)18-4-9-24(38(35)20-6-7-20)21(15-18)17-2-3-17/h4,8-10,14-17,20,32H,1-3,5-7,11-13H2,(H,29,31,34)/b22-14+/t16-,38?/m0/s1. The van der Waals surface area contributed by atoms with Crippen LogP contribution in [0.15, 0.2) is 41.3 Å². The lowest BCUT2D eigenvalue weighted by molar-refractivity contribution is -0.117. The lowest BCUT2D eigenvalue weighted by Gasteiger charge is -2.14. The molecule has 3 fully saturated rings. The number of thiazole rings is 1. The van der Waals surface area contributed by atoms with Crippen LogP contribution in [0, 0.1) is 5.92 Å². The van der Waals surface area contributed by atoms with Gasteiger partial charge in [0.05, 0.1) is 17.4 Å². The van der Waals surface area contributed by atoms with Gasteiger partial charge >= 0.3 is 0 Å². The third-order valence-corrected chi connectivity index (χ3v) is 9.87. The molecule has 198 valence electrons. The number of carbonyl (C=O) groups excluding carboxylic acids is 2. The molecule has 3 aliphatic rings. The van der Waals surface area contributed by atoms with Gasteiger partial charge < -0.3 is 9.84 Å². The number of pyridine rings is 1. The molecule has 2 aromatic heterocycles. The van der Waals surface area contributed by atoms with E-state index in [4.69, 9.17) is 9.84 Å². The smallest absolute Gasteiger partial charge is 0.257 e. The first-order valence-corrected chi connectivity index (χ1v) is 15.1. The predicted molar refractivity (Wildman–Crippen MR) is 147 cm³/mol. The summed E-state index contributed by atoms with van der Waals surface area (Å²) >= 11 is 1.25. The molecule has 2 N–H and O–H groups in total. The third kappa shape index (κ3) is 5.57. The number of anilines is 1. The number of rotatable bonds is 10. The number of aromatic nitrogens is 2. The highest BCUT2D eigenvalue weighted by Crippen LogP contribution is 2.45. The monoisotopic (exact) mass is 551 g/mol. The number of benzene rings is 1. The van der Waals surface area contributed by atoms with Crippen LogP contribution in [0.4, 0.5) is 5.13 Å². The zero-order chi connectivity index (χ0) is 26.2. The van der Waals surface area contributed by atoms with Gasteiger partial charge in [0, 0.05) is 34.6 Å². The van der Waals surface area contributed by atoms with Crippen LogP contribution < -0.4 is 10.1 Å². The summed E-state index contributed by atoms with van der Waals surface area (Å²) in [6.07, 6.45) is 7.80. The molecule has 2 heterocycles. The van der Waals surface area contributed by atoms with E-state index < -0.39 is 10.8 Å². The maximum absolute atomic E-state index is 13.7. The summed E-state index contributed by atoms with van der Waals surface area (Å²) in [6, 6.07) is 9.32. The Bertz CT molecular complexity index is 1460. The average molecular weight is 552 g/mol. The zero-order valence-electron chi connectivity index (χ0n) is 20.9. The number of allylic oxidation sites excluding steroid dienone is 1. The van der Waals surface area contributed by atoms with E-state index in [0.717, 1.165) is 48.1 Å². The topological polar surface area (TPSA) is 118 Å². The zero-order valence-corrected chi connectivity index (χ0v) is 22.5. The first-order valence-electron chi connectivity index (χ1n) is 13.1. The van der Waals surface area contributed by atoms with Crippen molar-refractivity contribution in [2.45, 2.75) is 61.0 Å². The summed E-state index contributed by atoms with van der Waals surface area (Å²) in [4.78, 5) is 36.1. The van der Waals surface area contributed by atoms with E-state index in [1.165, 1.54) is 11.3 Å². The molecule has 1 amide bonds. The molecule has 38 heavy (non-hydrogen) atoms. The molecule has 3 aliphatic carbocycles. The van der Waals surface area contributed by atoms with Crippen LogP contribution in [-0.2, 0) is 20.4 Å². The van der Waals surface area contributed by atoms with E-state index in [1.807, 2.05) is 24.3 Å². The Hall–Kier alpha value is -2.95. The van der Waals surface area contributed by atoms with Crippen molar-refractivity contribution in [2.24, 2.45) is 5.92 Å². The summed E-state index contributed by atoms with van der Waals surface area (Å²) in [5.74, 6) is 0.712. The van der Waals surface area contributed by atoms with Gasteiger partial charge in [-0.25, -0.2) is 9.97 Å². The Morgan fingerprint density at radius 2 is 2.00 bits per heavy atom. The predicted octanol–water partition coefficient (Wildman–Crippen LogP) is 4.60. The van der Waals surface area contributed by atoms with Crippen LogP contribution >= 0.6 is 11.3 Å². The van der Waals surface area contributed by atoms with Crippen molar-refractivity contribution in [1.82, 2.24) is 9.97 Å². The van der Waals surface area contributed by atoms with Crippen molar-refractivity contribution in [3.63, 3.8) is 0 Å². The summed E-state index contributed by atoms with van der Waals surface area (Å²) < 4.78 is 18.4. The van der Waals surface area contributed by atoms with Crippen LogP contribution in [0.5, 0.6) is 5.88 Å². The van der Waals surface area contributed by atoms with E-state index in [9.17, 15) is 13.8 Å². The van der Waals surface area contributed by atoms with Crippen molar-refractivity contribution in [1.29, 1.82) is 0 Å². The lowest BCUT2D eigenvalue weighted by atomic mass is 9.96. The molecule has 0 spiro atoms. The molecular weight excluding hydrogens is 522 g/mol. The second-order valence-electron chi connectivity index (χ2n) is 10.2. The number of fused-ring (bicyclic) bond motifs is 1. The van der Waals surface area contributed by atoms with Crippen LogP contribution in [0.3, 0.4) is 0 Å². The summed E-state index contributed by atoms with van der Waals surface area (Å²) in [6.45, 7) is 0.0416. The van der Waals surface area contributed by atoms with Gasteiger partial charge in [-0.2, -0.15) is 0 Å². The van der Waals surface area contributed by atoms with Gasteiger partial charge in [-0.3, -0.25) is 19.1 Å². The molecule has 0 bridgehead atoms. The number of ketones is 1. The van der Waals surface area contributed by atoms with Gasteiger partial charge in [0.15, 0.2) is 5.13 Å². The minimum absolute atomic E-state index is 0.0103. The molecule has 1 unspecified atom stereocenters. The first kappa shape index (κ1) is 25.3. The Labute approximate surface area is 227 Å². The van der Waals surface area contributed by atoms with Crippen molar-refractivity contribution in [3.05, 3.63) is 47.5 Å². The fourth-order valence-corrected chi connectivity index (χ4v) is 7.25. The molecule has 3 saturated carbocycles. The van der Waals surface area contributed by atoms with Gasteiger partial charge in [-0.15, -0.1) is 0 Å². The maximum Gasteiger partial charge on any atom is 0.257 e. The van der Waals surface area contributed by atoms with E-state index in [0.29, 0.717) is 45.7 Å². The van der Waals surface area contributed by atoms with Gasteiger partial charge in [-0.1, -0.05) is 23.5 Å². The molecule has 0 radical (unpaired) electrons. The van der Waals surface area contributed by atoms with Crippen LogP contribution in [0.1, 0.15) is 62.0 Å². The second kappa shape index (κ2) is 10.7. The van der Waals surface area contributed by atoms with Gasteiger partial charge in [0.2, 0.25) is 5.88 Å². The minimum Gasteiger partial charge on any atom is -0.475 e. The molecular formula is C28H29N3O5S2. The number of nitrogens with zero attached hydrogens (tertiary/aromatic N) is 2. The number of aliphatic hydroxyl groups is 1. The molecule has 2 atom stereocenters. The summed E-state index contributed by atoms with van der Waals surface area (Å²) in [5.41, 5.74) is 3.01. The fraction of sp³-hybridized carbons (Fsp3) is 0.429. The summed E-state index contributed by atoms with van der Waals surface area (Å²) in [5, 5.41) is 12.6. The van der Waals surface area contributed by atoms with E-state index in [1.54, 1.807) is 12.1 Å². The highest BCUT2D eigenvalue weighted by Gasteiger charge is 2.35. The lowest BCUT2D eigenvalue weighted by Crippen LogP contribution is -2.15. The van der Waals surface area contributed by atoms with Crippen LogP contribution in [0.25, 0.3) is 15.9 Å². The SMILES string of the molecule is O=C1CC[C@H](/C=C(/C(=O)Nc2nc3ccc(OCCO)nc3s2)c2ccc(S(=O)C3CC3)c(C3CC3)c2)C1. The van der Waals surface area contributed by atoms with Crippen molar-refractivity contribution >= 4 is 54.9 Å². The highest BCUT2D eigenvalue weighted by atomic mass is 32.2. The molecule has 3 aromatic rings. The largest absolute Gasteiger partial charge is 0.475 e. The van der Waals surface area contributed by atoms with Gasteiger partial charge in [-0.05, 0) is 73.3 Å². The Balaban J connectivity index is 1.31. The number of hydrogen-bond acceptors (Lipinski definition) is 8. The van der Waals surface area contributed by atoms with E-state index in [-0.39, 0.29) is 36.1 Å². The Morgan fingerprint density at radius 1 is 1.16 bits per heavy atom. The number of nitrogens with one attached hydrogen (secondary N) is 1. The quantitative estimate of drug-likeness (QED) is 0.354. The number of Topliss-reactive ketones (excluding diaryl/α,β-unsaturated/α-hetero) is 1. The van der Waals surface area contributed by atoms with E-state index >= 15 is 0 Å². The second-order valence-corrected chi connectivity index (χ2v) is 12.8. The number of aliphatic hydroxyl groups excluding tert-OH is 1. The number of carbonyl (C=O) groups is 2. The molecule has 10 heteroatoms. The first-order chi connectivity index (χ1) is 18.5. The molecule has 1 aromatic carbocycles. The van der Waals surface area contributed by atoms with Crippen molar-refractivity contribution in [3.8, 4) is 5.88 Å². The Kier molecular flexibility index (Phi) is 7.11. The molecule has 0 aliphatic heterocycles. The third-order valence-electron chi connectivity index (χ3n) is 7.10. The Morgan fingerprint density at radius 3 is 2.71 bits per heavy atom. The normalized spacial score (nSPS) is 20.6. The number of amides is 1. The summed E-state index contributed by atoms with van der Waals surface area (Å²) in [7, 11) is -1.01. The fourth-order valence-electron chi connectivity index (χ4n) is 4.85. The maximum atomic E-state index is 13.7. The molecule has 0 saturated heterocycles. The average Bonchev–Trinajstić information content (AvgIpc) is 3.85. The minimum atomic E-state index is -1.01. The van der Waals surface area contributed by atoms with Crippen molar-refractivity contribution in [2.75, 3.05) is 18.5 Å². The number of hydrogen-bond donors (Lipinski definition) is 2. The van der Waals surface area contributed by atoms with Crippen molar-refractivity contribution < 1.29 is 23.6 Å². The van der Waals surface area contributed by atoms with E-state index in [2.05, 4.69) is 15.3 Å². The highest BCUT2D eigenvalue weighted by molar-refractivity contribution is 7.86.